The fraction of sp³-hybridized carbons (Fsp3) is 0.292. The predicted octanol–water partition coefficient (Wildman–Crippen LogP) is 2.40. The summed E-state index contributed by atoms with van der Waals surface area (Å²) >= 11 is 0. The first-order valence-electron chi connectivity index (χ1n) is 10.5. The highest BCUT2D eigenvalue weighted by Gasteiger charge is 2.20. The van der Waals surface area contributed by atoms with E-state index in [1.807, 2.05) is 0 Å². The van der Waals surface area contributed by atoms with Gasteiger partial charge in [0.1, 0.15) is 24.5 Å². The number of nitrogens with zero attached hydrogens (tertiary/aromatic N) is 1. The van der Waals surface area contributed by atoms with E-state index in [1.165, 1.54) is 7.11 Å². The average molecular weight is 469 g/mol. The Kier molecular flexibility index (Phi) is 7.75. The topological polar surface area (TPSA) is 153 Å². The number of aromatic nitrogens is 1. The number of anilines is 1. The number of amides is 1. The van der Waals surface area contributed by atoms with Crippen LogP contribution in [0.4, 0.5) is 5.69 Å². The maximum absolute atomic E-state index is 12.7. The quantitative estimate of drug-likeness (QED) is 0.350. The number of nitrogens with two attached hydrogens (primary N) is 1. The number of aliphatic hydroxyl groups is 1. The molecule has 10 heteroatoms. The SMILES string of the molecule is COc1cc(C(=O)NC(C)COc2cccc3nc(C)c(C(=O)O)c(N)c23)ccc1OCCO. The lowest BCUT2D eigenvalue weighted by atomic mass is 10.1. The highest BCUT2D eigenvalue weighted by molar-refractivity contribution is 6.06. The number of methoxy groups -OCH3 is 1. The molecule has 2 aromatic carbocycles. The number of nitrogen functional groups attached to an aromatic ring is 1. The first-order valence-corrected chi connectivity index (χ1v) is 10.5. The Bertz CT molecular complexity index is 1210. The van der Waals surface area contributed by atoms with Gasteiger partial charge in [0.25, 0.3) is 5.91 Å². The van der Waals surface area contributed by atoms with Gasteiger partial charge in [-0.25, -0.2) is 4.79 Å². The molecule has 3 rings (SSSR count). The maximum Gasteiger partial charge on any atom is 0.339 e. The molecule has 3 aromatic rings. The molecule has 1 amide bonds. The molecule has 0 aliphatic carbocycles. The van der Waals surface area contributed by atoms with Gasteiger partial charge in [-0.05, 0) is 44.2 Å². The third kappa shape index (κ3) is 5.29. The van der Waals surface area contributed by atoms with Crippen LogP contribution in [0.1, 0.15) is 33.3 Å². The van der Waals surface area contributed by atoms with Crippen LogP contribution < -0.4 is 25.3 Å². The zero-order valence-corrected chi connectivity index (χ0v) is 19.1. The Labute approximate surface area is 196 Å². The highest BCUT2D eigenvalue weighted by Crippen LogP contribution is 2.33. The molecular formula is C24H27N3O7. The number of hydrogen-bond donors (Lipinski definition) is 4. The fourth-order valence-electron chi connectivity index (χ4n) is 3.48. The molecule has 34 heavy (non-hydrogen) atoms. The molecule has 180 valence electrons. The van der Waals surface area contributed by atoms with Gasteiger partial charge in [0, 0.05) is 5.56 Å². The number of carbonyl (C=O) groups excluding carboxylic acids is 1. The zero-order valence-electron chi connectivity index (χ0n) is 19.1. The van der Waals surface area contributed by atoms with Crippen LogP contribution in [-0.4, -0.2) is 60.0 Å². The van der Waals surface area contributed by atoms with Gasteiger partial charge in [-0.2, -0.15) is 0 Å². The Hall–Kier alpha value is -4.05. The van der Waals surface area contributed by atoms with Gasteiger partial charge < -0.3 is 35.5 Å². The summed E-state index contributed by atoms with van der Waals surface area (Å²) in [4.78, 5) is 28.6. The fourth-order valence-corrected chi connectivity index (χ4v) is 3.48. The van der Waals surface area contributed by atoms with E-state index in [4.69, 9.17) is 25.1 Å². The van der Waals surface area contributed by atoms with Crippen LogP contribution in [0.5, 0.6) is 17.2 Å². The first kappa shape index (κ1) is 24.6. The summed E-state index contributed by atoms with van der Waals surface area (Å²) in [7, 11) is 1.46. The summed E-state index contributed by atoms with van der Waals surface area (Å²) in [5.41, 5.74) is 7.36. The molecule has 10 nitrogen and oxygen atoms in total. The summed E-state index contributed by atoms with van der Waals surface area (Å²) in [6, 6.07) is 9.47. The van der Waals surface area contributed by atoms with Crippen molar-refractivity contribution in [3.05, 3.63) is 53.2 Å². The van der Waals surface area contributed by atoms with E-state index in [1.54, 1.807) is 50.2 Å². The average Bonchev–Trinajstić information content (AvgIpc) is 2.80. The van der Waals surface area contributed by atoms with Gasteiger partial charge in [-0.1, -0.05) is 6.07 Å². The summed E-state index contributed by atoms with van der Waals surface area (Å²) in [6.45, 7) is 3.43. The minimum absolute atomic E-state index is 0.0646. The number of hydrogen-bond acceptors (Lipinski definition) is 8. The molecule has 0 spiro atoms. The number of ether oxygens (including phenoxy) is 3. The number of aromatic carboxylic acids is 1. The van der Waals surface area contributed by atoms with E-state index in [0.717, 1.165) is 0 Å². The van der Waals surface area contributed by atoms with Gasteiger partial charge in [0.2, 0.25) is 0 Å². The van der Waals surface area contributed by atoms with Crippen LogP contribution in [0.15, 0.2) is 36.4 Å². The van der Waals surface area contributed by atoms with Crippen LogP contribution in [-0.2, 0) is 0 Å². The van der Waals surface area contributed by atoms with Crippen molar-refractivity contribution >= 4 is 28.5 Å². The largest absolute Gasteiger partial charge is 0.493 e. The van der Waals surface area contributed by atoms with Crippen molar-refractivity contribution in [2.45, 2.75) is 19.9 Å². The Morgan fingerprint density at radius 3 is 2.59 bits per heavy atom. The van der Waals surface area contributed by atoms with Gasteiger partial charge in [-0.3, -0.25) is 9.78 Å². The second-order valence-electron chi connectivity index (χ2n) is 7.56. The highest BCUT2D eigenvalue weighted by atomic mass is 16.5. The van der Waals surface area contributed by atoms with E-state index >= 15 is 0 Å². The smallest absolute Gasteiger partial charge is 0.339 e. The van der Waals surface area contributed by atoms with Crippen LogP contribution in [0.3, 0.4) is 0 Å². The Morgan fingerprint density at radius 1 is 1.15 bits per heavy atom. The number of carbonyl (C=O) groups is 2. The number of rotatable bonds is 10. The number of nitrogens with one attached hydrogen (secondary N) is 1. The number of carboxylic acid groups (broad SMARTS) is 1. The van der Waals surface area contributed by atoms with E-state index in [2.05, 4.69) is 10.3 Å². The standard InChI is InChI=1S/C24H27N3O7/c1-13(26-23(29)15-7-8-17(33-10-9-28)19(11-15)32-3)12-34-18-6-4-5-16-21(18)22(25)20(24(30)31)14(2)27-16/h4-8,11,13,28H,9-10,12H2,1-3H3,(H2,25,27)(H,26,29)(H,30,31). The van der Waals surface area contributed by atoms with Crippen molar-refractivity contribution in [1.29, 1.82) is 0 Å². The summed E-state index contributed by atoms with van der Waals surface area (Å²) < 4.78 is 16.5. The molecule has 1 heterocycles. The lowest BCUT2D eigenvalue weighted by molar-refractivity contribution is 0.0696. The predicted molar refractivity (Wildman–Crippen MR) is 126 cm³/mol. The van der Waals surface area contributed by atoms with Crippen molar-refractivity contribution in [1.82, 2.24) is 10.3 Å². The summed E-state index contributed by atoms with van der Waals surface area (Å²) in [5, 5.41) is 21.6. The van der Waals surface area contributed by atoms with Gasteiger partial charge in [-0.15, -0.1) is 0 Å². The number of aliphatic hydroxyl groups excluding tert-OH is 1. The Balaban J connectivity index is 1.73. The van der Waals surface area contributed by atoms with E-state index in [-0.39, 0.29) is 37.0 Å². The molecule has 0 saturated carbocycles. The second-order valence-corrected chi connectivity index (χ2v) is 7.56. The number of benzene rings is 2. The molecule has 5 N–H and O–H groups in total. The molecule has 1 aromatic heterocycles. The maximum atomic E-state index is 12.7. The van der Waals surface area contributed by atoms with E-state index in [9.17, 15) is 14.7 Å². The van der Waals surface area contributed by atoms with Gasteiger partial charge >= 0.3 is 5.97 Å². The van der Waals surface area contributed by atoms with Crippen molar-refractivity contribution < 1.29 is 34.0 Å². The number of carboxylic acids is 1. The van der Waals surface area contributed by atoms with Crippen LogP contribution in [0, 0.1) is 6.92 Å². The first-order chi connectivity index (χ1) is 16.3. The van der Waals surface area contributed by atoms with E-state index in [0.29, 0.717) is 39.4 Å². The van der Waals surface area contributed by atoms with Gasteiger partial charge in [0.15, 0.2) is 11.5 Å². The van der Waals surface area contributed by atoms with Crippen molar-refractivity contribution in [2.75, 3.05) is 32.7 Å². The molecule has 0 aliphatic rings. The minimum Gasteiger partial charge on any atom is -0.493 e. The number of fused-ring (bicyclic) bond motifs is 1. The molecule has 0 saturated heterocycles. The van der Waals surface area contributed by atoms with E-state index < -0.39 is 12.0 Å². The molecule has 1 atom stereocenters. The summed E-state index contributed by atoms with van der Waals surface area (Å²) in [6.07, 6.45) is 0. The molecule has 0 bridgehead atoms. The number of aryl methyl sites for hydroxylation is 1. The molecule has 1 unspecified atom stereocenters. The van der Waals surface area contributed by atoms with Crippen LogP contribution in [0.2, 0.25) is 0 Å². The molecule has 0 fully saturated rings. The van der Waals surface area contributed by atoms with Crippen LogP contribution in [0.25, 0.3) is 10.9 Å². The molecule has 0 aliphatic heterocycles. The zero-order chi connectivity index (χ0) is 24.8. The third-order valence-corrected chi connectivity index (χ3v) is 5.05. The van der Waals surface area contributed by atoms with Crippen molar-refractivity contribution in [2.24, 2.45) is 0 Å². The van der Waals surface area contributed by atoms with Crippen molar-refractivity contribution in [3.63, 3.8) is 0 Å². The van der Waals surface area contributed by atoms with Crippen molar-refractivity contribution in [3.8, 4) is 17.2 Å². The molecular weight excluding hydrogens is 442 g/mol. The minimum atomic E-state index is -1.16. The summed E-state index contributed by atoms with van der Waals surface area (Å²) in [5.74, 6) is -0.344. The normalized spacial score (nSPS) is 11.6. The van der Waals surface area contributed by atoms with Crippen LogP contribution >= 0.6 is 0 Å². The lowest BCUT2D eigenvalue weighted by Crippen LogP contribution is -2.36. The third-order valence-electron chi connectivity index (χ3n) is 5.05. The number of pyridine rings is 1. The lowest BCUT2D eigenvalue weighted by Gasteiger charge is -2.18. The molecule has 0 radical (unpaired) electrons. The Morgan fingerprint density at radius 2 is 1.91 bits per heavy atom. The monoisotopic (exact) mass is 469 g/mol. The second kappa shape index (κ2) is 10.7. The van der Waals surface area contributed by atoms with Gasteiger partial charge in [0.05, 0.1) is 42.0 Å².